The fraction of sp³-hybridized carbons (Fsp3) is 0.611. The molecule has 0 heterocycles. The maximum Gasteiger partial charge on any atom is 0.319 e. The molecule has 0 unspecified atom stereocenters. The fourth-order valence-electron chi connectivity index (χ4n) is 5.27. The Bertz CT molecular complexity index is 664. The van der Waals surface area contributed by atoms with Crippen LogP contribution in [0.4, 0.5) is 10.5 Å². The van der Waals surface area contributed by atoms with Crippen LogP contribution in [-0.4, -0.2) is 17.2 Å². The topological polar surface area (TPSA) is 61.4 Å². The van der Waals surface area contributed by atoms with Crippen molar-refractivity contribution >= 4 is 34.9 Å². The van der Waals surface area contributed by atoms with Crippen molar-refractivity contribution in [3.8, 4) is 5.75 Å². The molecule has 0 aromatic heterocycles. The molecule has 4 fully saturated rings. The molecular weight excluding hydrogens is 347 g/mol. The molecule has 4 bridgehead atoms. The number of urea groups is 1. The van der Waals surface area contributed by atoms with E-state index in [2.05, 4.69) is 10.6 Å². The third-order valence-electron chi connectivity index (χ3n) is 6.19. The third kappa shape index (κ3) is 2.74. The average Bonchev–Trinajstić information content (AvgIpc) is 2.53. The lowest BCUT2D eigenvalue weighted by Crippen LogP contribution is -2.56. The van der Waals surface area contributed by atoms with Gasteiger partial charge in [0.15, 0.2) is 5.75 Å². The van der Waals surface area contributed by atoms with Gasteiger partial charge in [-0.2, -0.15) is 0 Å². The Morgan fingerprint density at radius 3 is 2.29 bits per heavy atom. The second kappa shape index (κ2) is 5.99. The first-order valence-electron chi connectivity index (χ1n) is 8.67. The quantitative estimate of drug-likeness (QED) is 0.646. The highest BCUT2D eigenvalue weighted by Crippen LogP contribution is 2.53. The molecule has 0 saturated heterocycles. The van der Waals surface area contributed by atoms with Gasteiger partial charge in [0, 0.05) is 11.1 Å². The highest BCUT2D eigenvalue weighted by atomic mass is 35.5. The zero-order valence-electron chi connectivity index (χ0n) is 13.6. The summed E-state index contributed by atoms with van der Waals surface area (Å²) in [5.74, 6) is 2.80. The number of anilines is 1. The Labute approximate surface area is 151 Å². The van der Waals surface area contributed by atoms with Crippen molar-refractivity contribution in [1.82, 2.24) is 5.32 Å². The Kier molecular flexibility index (Phi) is 4.08. The minimum Gasteiger partial charge on any atom is -0.504 e. The van der Waals surface area contributed by atoms with Gasteiger partial charge < -0.3 is 15.7 Å². The Hall–Kier alpha value is -1.13. The standard InChI is InChI=1S/C18H22Cl2N2O2/c1-8-13(19)7-14(17(23)15(8)20)21-18(24)22-16-11-3-9-2-10(5-11)6-12(16)4-9/h7,9-12,16,23H,2-6H2,1H3,(H2,21,22,24). The van der Waals surface area contributed by atoms with Gasteiger partial charge in [0.25, 0.3) is 0 Å². The van der Waals surface area contributed by atoms with Crippen molar-refractivity contribution in [2.75, 3.05) is 5.32 Å². The first kappa shape index (κ1) is 16.3. The molecule has 0 aliphatic heterocycles. The number of amides is 2. The van der Waals surface area contributed by atoms with E-state index in [9.17, 15) is 9.90 Å². The zero-order chi connectivity index (χ0) is 17.0. The van der Waals surface area contributed by atoms with Crippen molar-refractivity contribution in [1.29, 1.82) is 0 Å². The monoisotopic (exact) mass is 368 g/mol. The SMILES string of the molecule is Cc1c(Cl)cc(NC(=O)NC2C3CC4CC(C3)CC2C4)c(O)c1Cl. The van der Waals surface area contributed by atoms with Crippen molar-refractivity contribution in [3.63, 3.8) is 0 Å². The van der Waals surface area contributed by atoms with E-state index in [-0.39, 0.29) is 28.5 Å². The number of phenols is 1. The smallest absolute Gasteiger partial charge is 0.319 e. The zero-order valence-corrected chi connectivity index (χ0v) is 15.1. The van der Waals surface area contributed by atoms with Gasteiger partial charge in [-0.3, -0.25) is 0 Å². The van der Waals surface area contributed by atoms with Crippen molar-refractivity contribution < 1.29 is 9.90 Å². The number of aromatic hydroxyl groups is 1. The molecule has 0 spiro atoms. The molecule has 4 saturated carbocycles. The summed E-state index contributed by atoms with van der Waals surface area (Å²) in [5.41, 5.74) is 0.847. The first-order valence-corrected chi connectivity index (χ1v) is 9.43. The lowest BCUT2D eigenvalue weighted by molar-refractivity contribution is -0.00883. The van der Waals surface area contributed by atoms with Gasteiger partial charge >= 0.3 is 6.03 Å². The van der Waals surface area contributed by atoms with Crippen LogP contribution in [0.25, 0.3) is 0 Å². The molecule has 24 heavy (non-hydrogen) atoms. The summed E-state index contributed by atoms with van der Waals surface area (Å²) in [6.45, 7) is 1.72. The molecule has 4 aliphatic rings. The van der Waals surface area contributed by atoms with E-state index >= 15 is 0 Å². The molecule has 5 rings (SSSR count). The average molecular weight is 369 g/mol. The number of phenolic OH excluding ortho intramolecular Hbond substituents is 1. The maximum absolute atomic E-state index is 12.4. The molecule has 6 heteroatoms. The molecule has 4 aliphatic carbocycles. The van der Waals surface area contributed by atoms with Gasteiger partial charge in [-0.25, -0.2) is 4.79 Å². The number of halogens is 2. The van der Waals surface area contributed by atoms with E-state index in [1.165, 1.54) is 38.2 Å². The second-order valence-electron chi connectivity index (χ2n) is 7.75. The Balaban J connectivity index is 1.46. The number of carbonyl (C=O) groups is 1. The normalized spacial score (nSPS) is 33.5. The highest BCUT2D eigenvalue weighted by Gasteiger charge is 2.48. The van der Waals surface area contributed by atoms with Crippen LogP contribution < -0.4 is 10.6 Å². The van der Waals surface area contributed by atoms with E-state index < -0.39 is 0 Å². The molecule has 4 nitrogen and oxygen atoms in total. The minimum absolute atomic E-state index is 0.140. The lowest BCUT2D eigenvalue weighted by atomic mass is 9.54. The maximum atomic E-state index is 12.4. The van der Waals surface area contributed by atoms with Gasteiger partial charge in [-0.1, -0.05) is 23.2 Å². The predicted molar refractivity (Wildman–Crippen MR) is 95.9 cm³/mol. The van der Waals surface area contributed by atoms with Crippen LogP contribution in [0.15, 0.2) is 6.07 Å². The lowest BCUT2D eigenvalue weighted by Gasteiger charge is -2.54. The summed E-state index contributed by atoms with van der Waals surface area (Å²) in [7, 11) is 0. The minimum atomic E-state index is -0.293. The molecule has 0 radical (unpaired) electrons. The van der Waals surface area contributed by atoms with Crippen LogP contribution in [-0.2, 0) is 0 Å². The summed E-state index contributed by atoms with van der Waals surface area (Å²) in [6.07, 6.45) is 6.35. The Morgan fingerprint density at radius 2 is 1.71 bits per heavy atom. The van der Waals surface area contributed by atoms with Gasteiger partial charge in [-0.05, 0) is 74.3 Å². The van der Waals surface area contributed by atoms with Crippen molar-refractivity contribution in [3.05, 3.63) is 21.7 Å². The van der Waals surface area contributed by atoms with Crippen LogP contribution in [0.2, 0.25) is 10.0 Å². The van der Waals surface area contributed by atoms with E-state index in [4.69, 9.17) is 23.2 Å². The van der Waals surface area contributed by atoms with E-state index in [0.717, 1.165) is 11.8 Å². The number of nitrogens with one attached hydrogen (secondary N) is 2. The van der Waals surface area contributed by atoms with Crippen molar-refractivity contribution in [2.24, 2.45) is 23.7 Å². The predicted octanol–water partition coefficient (Wildman–Crippen LogP) is 4.95. The van der Waals surface area contributed by atoms with Crippen LogP contribution in [0, 0.1) is 30.6 Å². The van der Waals surface area contributed by atoms with Gasteiger partial charge in [0.2, 0.25) is 0 Å². The molecule has 1 aromatic carbocycles. The van der Waals surface area contributed by atoms with Crippen LogP contribution in [0.5, 0.6) is 5.75 Å². The highest BCUT2D eigenvalue weighted by molar-refractivity contribution is 6.37. The van der Waals surface area contributed by atoms with E-state index in [1.807, 2.05) is 0 Å². The first-order chi connectivity index (χ1) is 11.4. The van der Waals surface area contributed by atoms with Gasteiger partial charge in [0.05, 0.1) is 10.7 Å². The molecule has 3 N–H and O–H groups in total. The van der Waals surface area contributed by atoms with Gasteiger partial charge in [0.1, 0.15) is 0 Å². The number of hydrogen-bond donors (Lipinski definition) is 3. The number of carbonyl (C=O) groups excluding carboxylic acids is 1. The third-order valence-corrected chi connectivity index (χ3v) is 7.05. The summed E-state index contributed by atoms with van der Waals surface area (Å²) in [4.78, 5) is 12.4. The molecule has 0 atom stereocenters. The number of hydrogen-bond acceptors (Lipinski definition) is 2. The summed E-state index contributed by atoms with van der Waals surface area (Å²) >= 11 is 12.2. The van der Waals surface area contributed by atoms with Crippen molar-refractivity contribution in [2.45, 2.75) is 45.1 Å². The summed E-state index contributed by atoms with van der Waals surface area (Å²) in [5, 5.41) is 16.6. The molecule has 1 aromatic rings. The van der Waals surface area contributed by atoms with E-state index in [1.54, 1.807) is 6.92 Å². The van der Waals surface area contributed by atoms with Gasteiger partial charge in [-0.15, -0.1) is 0 Å². The Morgan fingerprint density at radius 1 is 1.12 bits per heavy atom. The number of rotatable bonds is 2. The molecular formula is C18H22Cl2N2O2. The van der Waals surface area contributed by atoms with Crippen LogP contribution in [0.3, 0.4) is 0 Å². The largest absolute Gasteiger partial charge is 0.504 e. The summed E-state index contributed by atoms with van der Waals surface area (Å²) < 4.78 is 0. The fourth-order valence-corrected chi connectivity index (χ4v) is 5.73. The molecule has 130 valence electrons. The van der Waals surface area contributed by atoms with Crippen LogP contribution in [0.1, 0.15) is 37.7 Å². The van der Waals surface area contributed by atoms with E-state index in [0.29, 0.717) is 22.4 Å². The molecule has 2 amide bonds. The van der Waals surface area contributed by atoms with Crippen LogP contribution >= 0.6 is 23.2 Å². The second-order valence-corrected chi connectivity index (χ2v) is 8.53. The number of benzene rings is 1. The summed E-state index contributed by atoms with van der Waals surface area (Å²) in [6, 6.07) is 1.49.